The molecule has 0 atom stereocenters. The van der Waals surface area contributed by atoms with Gasteiger partial charge < -0.3 is 20.9 Å². The van der Waals surface area contributed by atoms with Gasteiger partial charge in [0, 0.05) is 23.9 Å². The van der Waals surface area contributed by atoms with Crippen molar-refractivity contribution >= 4 is 29.4 Å². The summed E-state index contributed by atoms with van der Waals surface area (Å²) < 4.78 is 10.9. The van der Waals surface area contributed by atoms with E-state index in [9.17, 15) is 9.59 Å². The van der Waals surface area contributed by atoms with Gasteiger partial charge in [0.1, 0.15) is 6.10 Å². The van der Waals surface area contributed by atoms with Gasteiger partial charge in [-0.25, -0.2) is 9.59 Å². The third-order valence-electron chi connectivity index (χ3n) is 5.91. The number of benzene rings is 2. The van der Waals surface area contributed by atoms with Crippen LogP contribution in [0.2, 0.25) is 0 Å². The first kappa shape index (κ1) is 24.1. The zero-order chi connectivity index (χ0) is 23.6. The Hall–Kier alpha value is -3.54. The number of hydrogen-bond donors (Lipinski definition) is 2. The zero-order valence-electron chi connectivity index (χ0n) is 18.9. The van der Waals surface area contributed by atoms with Gasteiger partial charge in [-0.05, 0) is 85.6 Å². The first-order valence-electron chi connectivity index (χ1n) is 11.3. The van der Waals surface area contributed by atoms with Crippen LogP contribution in [0.25, 0.3) is 6.08 Å². The van der Waals surface area contributed by atoms with E-state index < -0.39 is 5.97 Å². The van der Waals surface area contributed by atoms with Crippen molar-refractivity contribution in [3.63, 3.8) is 0 Å². The number of anilines is 2. The molecule has 1 aliphatic rings. The minimum Gasteiger partial charge on any atom is -0.462 e. The lowest BCUT2D eigenvalue weighted by Crippen LogP contribution is -2.24. The average Bonchev–Trinajstić information content (AvgIpc) is 2.81. The molecule has 0 unspecified atom stereocenters. The Bertz CT molecular complexity index is 990. The molecule has 4 N–H and O–H groups in total. The summed E-state index contributed by atoms with van der Waals surface area (Å²) in [6.45, 7) is 4.00. The maximum atomic E-state index is 12.4. The normalized spacial score (nSPS) is 18.1. The Kier molecular flexibility index (Phi) is 8.70. The minimum atomic E-state index is -0.451. The van der Waals surface area contributed by atoms with Gasteiger partial charge in [0.05, 0.1) is 12.2 Å². The molecule has 1 fully saturated rings. The number of allylic oxidation sites excluding steroid dienone is 1. The van der Waals surface area contributed by atoms with Crippen molar-refractivity contribution in [2.45, 2.75) is 44.6 Å². The van der Waals surface area contributed by atoms with Gasteiger partial charge in [-0.2, -0.15) is 0 Å². The maximum absolute atomic E-state index is 12.4. The first-order chi connectivity index (χ1) is 15.9. The molecule has 0 heterocycles. The third-order valence-corrected chi connectivity index (χ3v) is 5.91. The van der Waals surface area contributed by atoms with E-state index in [4.69, 9.17) is 20.9 Å². The summed E-state index contributed by atoms with van der Waals surface area (Å²) in [6.07, 6.45) is 10.4. The summed E-state index contributed by atoms with van der Waals surface area (Å²) in [4.78, 5) is 24.4. The van der Waals surface area contributed by atoms with Crippen LogP contribution in [-0.2, 0) is 20.7 Å². The summed E-state index contributed by atoms with van der Waals surface area (Å²) in [6, 6.07) is 12.2. The molecular weight excluding hydrogens is 416 g/mol. The van der Waals surface area contributed by atoms with Gasteiger partial charge in [0.25, 0.3) is 0 Å². The molecule has 0 amide bonds. The molecule has 0 aromatic heterocycles. The summed E-state index contributed by atoms with van der Waals surface area (Å²) in [7, 11) is 0. The minimum absolute atomic E-state index is 0.0180. The highest BCUT2D eigenvalue weighted by Crippen LogP contribution is 2.29. The number of ether oxygens (including phenoxy) is 2. The van der Waals surface area contributed by atoms with Crippen molar-refractivity contribution in [2.75, 3.05) is 18.1 Å². The van der Waals surface area contributed by atoms with Crippen LogP contribution in [0.4, 0.5) is 11.4 Å². The standard InChI is InChI=1S/C27H32N2O4/c1-2-3-19-6-12-24(13-7-19)33-27(31)21-9-4-20(5-10-21)8-15-26(30)32-17-16-22-18-23(28)11-14-25(22)29/h2,4-5,8-11,14-15,18-19,24H,1,3,6-7,12-13,16-17,28-29H2. The molecule has 0 saturated heterocycles. The summed E-state index contributed by atoms with van der Waals surface area (Å²) in [5, 5.41) is 0. The molecule has 0 aliphatic heterocycles. The first-order valence-corrected chi connectivity index (χ1v) is 11.3. The molecule has 2 aromatic carbocycles. The van der Waals surface area contributed by atoms with Crippen molar-refractivity contribution < 1.29 is 19.1 Å². The summed E-state index contributed by atoms with van der Waals surface area (Å²) in [5.74, 6) is -0.101. The van der Waals surface area contributed by atoms with Gasteiger partial charge in [-0.3, -0.25) is 0 Å². The summed E-state index contributed by atoms with van der Waals surface area (Å²) >= 11 is 0. The third kappa shape index (κ3) is 7.52. The van der Waals surface area contributed by atoms with Gasteiger partial charge in [-0.15, -0.1) is 6.58 Å². The second kappa shape index (κ2) is 11.9. The molecule has 6 heteroatoms. The fourth-order valence-corrected chi connectivity index (χ4v) is 3.99. The van der Waals surface area contributed by atoms with E-state index >= 15 is 0 Å². The molecule has 0 bridgehead atoms. The van der Waals surface area contributed by atoms with Crippen molar-refractivity contribution in [2.24, 2.45) is 5.92 Å². The number of nitrogens with two attached hydrogens (primary N) is 2. The van der Waals surface area contributed by atoms with E-state index in [1.807, 2.05) is 6.08 Å². The molecule has 33 heavy (non-hydrogen) atoms. The van der Waals surface area contributed by atoms with E-state index in [0.29, 0.717) is 29.3 Å². The van der Waals surface area contributed by atoms with Gasteiger partial charge >= 0.3 is 11.9 Å². The van der Waals surface area contributed by atoms with Crippen molar-refractivity contribution in [1.82, 2.24) is 0 Å². The van der Waals surface area contributed by atoms with Crippen molar-refractivity contribution in [1.29, 1.82) is 0 Å². The van der Waals surface area contributed by atoms with Crippen LogP contribution < -0.4 is 11.5 Å². The van der Waals surface area contributed by atoms with Crippen LogP contribution in [0.5, 0.6) is 0 Å². The maximum Gasteiger partial charge on any atom is 0.338 e. The molecule has 1 aliphatic carbocycles. The highest BCUT2D eigenvalue weighted by molar-refractivity contribution is 5.90. The molecule has 1 saturated carbocycles. The Labute approximate surface area is 195 Å². The van der Waals surface area contributed by atoms with E-state index in [-0.39, 0.29) is 18.7 Å². The molecular formula is C27H32N2O4. The van der Waals surface area contributed by atoms with Crippen LogP contribution in [0.3, 0.4) is 0 Å². The fraction of sp³-hybridized carbons (Fsp3) is 0.333. The lowest BCUT2D eigenvalue weighted by atomic mass is 9.85. The number of carbonyl (C=O) groups is 2. The Morgan fingerprint density at radius 1 is 1.03 bits per heavy atom. The van der Waals surface area contributed by atoms with Gasteiger partial charge in [0.2, 0.25) is 0 Å². The quantitative estimate of drug-likeness (QED) is 0.244. The van der Waals surface area contributed by atoms with E-state index in [1.165, 1.54) is 6.08 Å². The molecule has 0 spiro atoms. The van der Waals surface area contributed by atoms with E-state index in [2.05, 4.69) is 6.58 Å². The average molecular weight is 449 g/mol. The molecule has 2 aromatic rings. The molecule has 0 radical (unpaired) electrons. The number of hydrogen-bond acceptors (Lipinski definition) is 6. The number of nitrogen functional groups attached to an aromatic ring is 2. The predicted octanol–water partition coefficient (Wildman–Crippen LogP) is 4.94. The highest BCUT2D eigenvalue weighted by atomic mass is 16.5. The van der Waals surface area contributed by atoms with Crippen molar-refractivity contribution in [3.8, 4) is 0 Å². The smallest absolute Gasteiger partial charge is 0.338 e. The largest absolute Gasteiger partial charge is 0.462 e. The van der Waals surface area contributed by atoms with Crippen LogP contribution in [0.1, 0.15) is 53.6 Å². The second-order valence-electron chi connectivity index (χ2n) is 8.40. The van der Waals surface area contributed by atoms with Gasteiger partial charge in [-0.1, -0.05) is 18.2 Å². The lowest BCUT2D eigenvalue weighted by molar-refractivity contribution is -0.137. The monoisotopic (exact) mass is 448 g/mol. The fourth-order valence-electron chi connectivity index (χ4n) is 3.99. The van der Waals surface area contributed by atoms with E-state index in [1.54, 1.807) is 48.5 Å². The Morgan fingerprint density at radius 3 is 2.45 bits per heavy atom. The SMILES string of the molecule is C=CCC1CCC(OC(=O)c2ccc(C=CC(=O)OCCc3cc(N)ccc3N)cc2)CC1. The molecule has 174 valence electrons. The van der Waals surface area contributed by atoms with Crippen LogP contribution in [0.15, 0.2) is 61.2 Å². The number of carbonyl (C=O) groups excluding carboxylic acids is 2. The highest BCUT2D eigenvalue weighted by Gasteiger charge is 2.23. The lowest BCUT2D eigenvalue weighted by Gasteiger charge is -2.27. The second-order valence-corrected chi connectivity index (χ2v) is 8.40. The molecule has 6 nitrogen and oxygen atoms in total. The van der Waals surface area contributed by atoms with Crippen LogP contribution in [0, 0.1) is 5.92 Å². The Balaban J connectivity index is 1.42. The molecule has 3 rings (SSSR count). The number of rotatable bonds is 9. The van der Waals surface area contributed by atoms with E-state index in [0.717, 1.165) is 43.2 Å². The van der Waals surface area contributed by atoms with Gasteiger partial charge in [0.15, 0.2) is 0 Å². The van der Waals surface area contributed by atoms with Crippen LogP contribution in [-0.4, -0.2) is 24.6 Å². The van der Waals surface area contributed by atoms with Crippen molar-refractivity contribution in [3.05, 3.63) is 77.9 Å². The zero-order valence-corrected chi connectivity index (χ0v) is 18.9. The summed E-state index contributed by atoms with van der Waals surface area (Å²) in [5.41, 5.74) is 15.0. The Morgan fingerprint density at radius 2 is 1.76 bits per heavy atom. The predicted molar refractivity (Wildman–Crippen MR) is 131 cm³/mol. The number of esters is 2. The topological polar surface area (TPSA) is 105 Å². The van der Waals surface area contributed by atoms with Crippen LogP contribution >= 0.6 is 0 Å².